The molecule has 0 radical (unpaired) electrons. The van der Waals surface area contributed by atoms with Crippen molar-refractivity contribution in [2.45, 2.75) is 6.92 Å². The third-order valence-corrected chi connectivity index (χ3v) is 4.74. The minimum Gasteiger partial charge on any atom is -0.497 e. The van der Waals surface area contributed by atoms with Crippen LogP contribution in [0.3, 0.4) is 0 Å². The highest BCUT2D eigenvalue weighted by atomic mass is 16.5. The molecule has 0 aliphatic carbocycles. The zero-order valence-electron chi connectivity index (χ0n) is 16.0. The molecular formula is C24H18O5. The van der Waals surface area contributed by atoms with E-state index in [0.717, 1.165) is 11.1 Å². The van der Waals surface area contributed by atoms with Crippen LogP contribution in [0.5, 0.6) is 11.5 Å². The van der Waals surface area contributed by atoms with Gasteiger partial charge < -0.3 is 13.9 Å². The van der Waals surface area contributed by atoms with Crippen molar-refractivity contribution < 1.29 is 18.7 Å². The van der Waals surface area contributed by atoms with Crippen molar-refractivity contribution >= 4 is 16.9 Å². The highest BCUT2D eigenvalue weighted by Gasteiger charge is 2.15. The van der Waals surface area contributed by atoms with Gasteiger partial charge in [0.05, 0.1) is 18.2 Å². The molecule has 0 atom stereocenters. The quantitative estimate of drug-likeness (QED) is 0.281. The molecule has 3 aromatic carbocycles. The second-order valence-electron chi connectivity index (χ2n) is 6.53. The first kappa shape index (κ1) is 18.5. The van der Waals surface area contributed by atoms with Gasteiger partial charge in [-0.3, -0.25) is 0 Å². The van der Waals surface area contributed by atoms with Gasteiger partial charge in [-0.25, -0.2) is 9.59 Å². The number of methoxy groups -OCH3 is 1. The van der Waals surface area contributed by atoms with Crippen molar-refractivity contribution in [2.75, 3.05) is 7.11 Å². The van der Waals surface area contributed by atoms with Gasteiger partial charge in [0.15, 0.2) is 0 Å². The van der Waals surface area contributed by atoms with Crippen LogP contribution in [0.1, 0.15) is 15.9 Å². The molecular weight excluding hydrogens is 368 g/mol. The summed E-state index contributed by atoms with van der Waals surface area (Å²) in [6.07, 6.45) is 0. The second kappa shape index (κ2) is 7.64. The summed E-state index contributed by atoms with van der Waals surface area (Å²) in [4.78, 5) is 24.9. The summed E-state index contributed by atoms with van der Waals surface area (Å²) in [6.45, 7) is 1.86. The summed E-state index contributed by atoms with van der Waals surface area (Å²) in [5, 5.41) is 0.712. The molecule has 0 bridgehead atoms. The van der Waals surface area contributed by atoms with Crippen LogP contribution >= 0.6 is 0 Å². The summed E-state index contributed by atoms with van der Waals surface area (Å²) in [6, 6.07) is 21.0. The molecule has 1 aromatic heterocycles. The fraction of sp³-hybridized carbons (Fsp3) is 0.0833. The average molecular weight is 386 g/mol. The highest BCUT2D eigenvalue weighted by Crippen LogP contribution is 2.29. The maximum Gasteiger partial charge on any atom is 0.344 e. The van der Waals surface area contributed by atoms with E-state index in [-0.39, 0.29) is 0 Å². The molecule has 29 heavy (non-hydrogen) atoms. The van der Waals surface area contributed by atoms with Crippen molar-refractivity contribution in [2.24, 2.45) is 0 Å². The Balaban J connectivity index is 1.71. The fourth-order valence-corrected chi connectivity index (χ4v) is 3.23. The van der Waals surface area contributed by atoms with Crippen LogP contribution in [0, 0.1) is 6.92 Å². The Labute approximate surface area is 167 Å². The van der Waals surface area contributed by atoms with Crippen LogP contribution in [0.15, 0.2) is 82.0 Å². The number of benzene rings is 3. The molecule has 0 N–H and O–H groups in total. The number of hydrogen-bond acceptors (Lipinski definition) is 5. The van der Waals surface area contributed by atoms with E-state index < -0.39 is 11.6 Å². The third kappa shape index (κ3) is 3.62. The zero-order valence-corrected chi connectivity index (χ0v) is 16.0. The molecule has 0 unspecified atom stereocenters. The molecule has 0 saturated carbocycles. The molecule has 4 rings (SSSR count). The Kier molecular flexibility index (Phi) is 4.87. The standard InChI is InChI=1S/C24H18O5/c1-15-20-14-19(28-23(25)17-8-10-18(27-2)11-9-17)12-13-21(20)29-24(26)22(15)16-6-4-3-5-7-16/h3-14H,1-2H3. The first-order valence-electron chi connectivity index (χ1n) is 9.06. The minimum atomic E-state index is -0.481. The Morgan fingerprint density at radius 1 is 0.897 bits per heavy atom. The van der Waals surface area contributed by atoms with E-state index in [0.29, 0.717) is 33.6 Å². The third-order valence-electron chi connectivity index (χ3n) is 4.74. The van der Waals surface area contributed by atoms with Crippen molar-refractivity contribution in [3.05, 3.63) is 94.3 Å². The normalized spacial score (nSPS) is 10.7. The molecule has 0 fully saturated rings. The van der Waals surface area contributed by atoms with Gasteiger partial charge in [0.1, 0.15) is 17.1 Å². The SMILES string of the molecule is COc1ccc(C(=O)Oc2ccc3oc(=O)c(-c4ccccc4)c(C)c3c2)cc1. The van der Waals surface area contributed by atoms with E-state index in [2.05, 4.69) is 0 Å². The topological polar surface area (TPSA) is 65.7 Å². The highest BCUT2D eigenvalue weighted by molar-refractivity contribution is 5.92. The Bertz CT molecular complexity index is 1240. The molecule has 0 saturated heterocycles. The van der Waals surface area contributed by atoms with Crippen LogP contribution in [0.25, 0.3) is 22.1 Å². The lowest BCUT2D eigenvalue weighted by atomic mass is 9.99. The number of esters is 1. The maximum absolute atomic E-state index is 12.5. The smallest absolute Gasteiger partial charge is 0.344 e. The van der Waals surface area contributed by atoms with Crippen LogP contribution < -0.4 is 15.1 Å². The molecule has 0 aliphatic rings. The van der Waals surface area contributed by atoms with Crippen LogP contribution in [-0.4, -0.2) is 13.1 Å². The van der Waals surface area contributed by atoms with Crippen LogP contribution in [0.4, 0.5) is 0 Å². The summed E-state index contributed by atoms with van der Waals surface area (Å²) in [7, 11) is 1.56. The van der Waals surface area contributed by atoms with E-state index in [9.17, 15) is 9.59 Å². The Hall–Kier alpha value is -3.86. The Morgan fingerprint density at radius 2 is 1.59 bits per heavy atom. The van der Waals surface area contributed by atoms with Gasteiger partial charge in [-0.15, -0.1) is 0 Å². The molecule has 0 aliphatic heterocycles. The lowest BCUT2D eigenvalue weighted by molar-refractivity contribution is 0.0735. The van der Waals surface area contributed by atoms with Gasteiger partial charge in [0.2, 0.25) is 0 Å². The van der Waals surface area contributed by atoms with Crippen molar-refractivity contribution in [3.8, 4) is 22.6 Å². The summed E-state index contributed by atoms with van der Waals surface area (Å²) in [5.74, 6) is 0.547. The van der Waals surface area contributed by atoms with Crippen molar-refractivity contribution in [1.82, 2.24) is 0 Å². The summed E-state index contributed by atoms with van der Waals surface area (Å²) in [5.41, 5.74) is 2.50. The number of hydrogen-bond donors (Lipinski definition) is 0. The van der Waals surface area contributed by atoms with Gasteiger partial charge in [-0.05, 0) is 60.5 Å². The largest absolute Gasteiger partial charge is 0.497 e. The van der Waals surface area contributed by atoms with Gasteiger partial charge in [-0.2, -0.15) is 0 Å². The number of aryl methyl sites for hydroxylation is 1. The first-order chi connectivity index (χ1) is 14.1. The average Bonchev–Trinajstić information content (AvgIpc) is 2.75. The number of carbonyl (C=O) groups is 1. The lowest BCUT2D eigenvalue weighted by Crippen LogP contribution is -2.09. The molecule has 0 spiro atoms. The second-order valence-corrected chi connectivity index (χ2v) is 6.53. The predicted molar refractivity (Wildman–Crippen MR) is 111 cm³/mol. The van der Waals surface area contributed by atoms with Gasteiger partial charge in [0, 0.05) is 5.39 Å². The van der Waals surface area contributed by atoms with Gasteiger partial charge >= 0.3 is 11.6 Å². The number of rotatable bonds is 4. The predicted octanol–water partition coefficient (Wildman–Crippen LogP) is 5.00. The number of fused-ring (bicyclic) bond motifs is 1. The number of ether oxygens (including phenoxy) is 2. The fourth-order valence-electron chi connectivity index (χ4n) is 3.23. The number of carbonyl (C=O) groups excluding carboxylic acids is 1. The van der Waals surface area contributed by atoms with Crippen molar-refractivity contribution in [3.63, 3.8) is 0 Å². The van der Waals surface area contributed by atoms with Crippen LogP contribution in [-0.2, 0) is 0 Å². The molecule has 5 nitrogen and oxygen atoms in total. The van der Waals surface area contributed by atoms with E-state index in [1.165, 1.54) is 0 Å². The zero-order chi connectivity index (χ0) is 20.4. The molecule has 144 valence electrons. The van der Waals surface area contributed by atoms with Gasteiger partial charge in [-0.1, -0.05) is 30.3 Å². The van der Waals surface area contributed by atoms with E-state index in [1.807, 2.05) is 37.3 Å². The molecule has 1 heterocycles. The van der Waals surface area contributed by atoms with Gasteiger partial charge in [0.25, 0.3) is 0 Å². The molecule has 5 heteroatoms. The lowest BCUT2D eigenvalue weighted by Gasteiger charge is -2.10. The van der Waals surface area contributed by atoms with E-state index in [1.54, 1.807) is 49.6 Å². The molecule has 0 amide bonds. The maximum atomic E-state index is 12.5. The van der Waals surface area contributed by atoms with Crippen LogP contribution in [0.2, 0.25) is 0 Å². The first-order valence-corrected chi connectivity index (χ1v) is 9.06. The van der Waals surface area contributed by atoms with E-state index in [4.69, 9.17) is 13.9 Å². The summed E-state index contributed by atoms with van der Waals surface area (Å²) < 4.78 is 16.1. The molecule has 4 aromatic rings. The monoisotopic (exact) mass is 386 g/mol. The van der Waals surface area contributed by atoms with E-state index >= 15 is 0 Å². The van der Waals surface area contributed by atoms with Crippen molar-refractivity contribution in [1.29, 1.82) is 0 Å². The Morgan fingerprint density at radius 3 is 2.28 bits per heavy atom. The summed E-state index contributed by atoms with van der Waals surface area (Å²) >= 11 is 0. The minimum absolute atomic E-state index is 0.370.